The van der Waals surface area contributed by atoms with Crippen molar-refractivity contribution in [1.82, 2.24) is 10.6 Å². The van der Waals surface area contributed by atoms with Gasteiger partial charge in [-0.2, -0.15) is 0 Å². The molecule has 2 N–H and O–H groups in total. The number of alkyl carbamates (subject to hydrolysis) is 1. The zero-order chi connectivity index (χ0) is 34.9. The highest BCUT2D eigenvalue weighted by atomic mass is 32.2. The van der Waals surface area contributed by atoms with E-state index in [0.29, 0.717) is 6.42 Å². The molecule has 0 bridgehead atoms. The summed E-state index contributed by atoms with van der Waals surface area (Å²) in [5.41, 5.74) is 7.54. The highest BCUT2D eigenvalue weighted by molar-refractivity contribution is 8.00. The molecule has 2 atom stereocenters. The Morgan fingerprint density at radius 3 is 1.58 bits per heavy atom. The summed E-state index contributed by atoms with van der Waals surface area (Å²) in [7, 11) is 1.30. The number of benzene rings is 5. The molecule has 0 radical (unpaired) electrons. The predicted molar refractivity (Wildman–Crippen MR) is 198 cm³/mol. The first kappa shape index (κ1) is 34.5. The number of carbonyl (C=O) groups excluding carboxylic acids is 3. The van der Waals surface area contributed by atoms with Crippen LogP contribution < -0.4 is 10.6 Å². The number of hydrogen-bond acceptors (Lipinski definition) is 6. The molecule has 6 rings (SSSR count). The quantitative estimate of drug-likeness (QED) is 0.0976. The molecule has 0 aliphatic heterocycles. The predicted octanol–water partition coefficient (Wildman–Crippen LogP) is 7.69. The zero-order valence-electron chi connectivity index (χ0n) is 28.1. The Morgan fingerprint density at radius 1 is 0.660 bits per heavy atom. The number of amides is 2. The molecule has 0 heterocycles. The van der Waals surface area contributed by atoms with Crippen molar-refractivity contribution in [1.29, 1.82) is 0 Å². The molecule has 1 aliphatic carbocycles. The molecule has 0 aromatic heterocycles. The van der Waals surface area contributed by atoms with Crippen LogP contribution in [0, 0.1) is 0 Å². The summed E-state index contributed by atoms with van der Waals surface area (Å²) < 4.78 is 10.2. The van der Waals surface area contributed by atoms with E-state index in [0.717, 1.165) is 38.9 Å². The van der Waals surface area contributed by atoms with Gasteiger partial charge in [0, 0.05) is 11.7 Å². The highest BCUT2D eigenvalue weighted by Gasteiger charge is 2.39. The van der Waals surface area contributed by atoms with E-state index in [1.165, 1.54) is 18.9 Å². The SMILES string of the molecule is CCC(NC(=O)OCC1c2ccccc2-c2ccccc21)C(=O)N[C@@H](CSC(c1ccccc1)(c1ccccc1)c1ccccc1)C(=O)OC. The van der Waals surface area contributed by atoms with Gasteiger partial charge in [-0.15, -0.1) is 11.8 Å². The van der Waals surface area contributed by atoms with Gasteiger partial charge < -0.3 is 20.1 Å². The van der Waals surface area contributed by atoms with Gasteiger partial charge in [0.15, 0.2) is 0 Å². The van der Waals surface area contributed by atoms with Crippen molar-refractivity contribution < 1.29 is 23.9 Å². The lowest BCUT2D eigenvalue weighted by Gasteiger charge is -2.36. The summed E-state index contributed by atoms with van der Waals surface area (Å²) >= 11 is 1.54. The Labute approximate surface area is 297 Å². The molecule has 0 saturated heterocycles. The molecule has 0 fully saturated rings. The number of ether oxygens (including phenoxy) is 2. The van der Waals surface area contributed by atoms with Gasteiger partial charge in [-0.1, -0.05) is 146 Å². The van der Waals surface area contributed by atoms with Crippen LogP contribution in [-0.4, -0.2) is 49.5 Å². The molecule has 7 nitrogen and oxygen atoms in total. The summed E-state index contributed by atoms with van der Waals surface area (Å²) in [4.78, 5) is 40.0. The van der Waals surface area contributed by atoms with Gasteiger partial charge in [0.05, 0.1) is 11.9 Å². The van der Waals surface area contributed by atoms with E-state index in [-0.39, 0.29) is 18.3 Å². The average molecular weight is 685 g/mol. The molecule has 5 aromatic carbocycles. The first-order chi connectivity index (χ1) is 24.5. The lowest BCUT2D eigenvalue weighted by atomic mass is 9.84. The fourth-order valence-corrected chi connectivity index (χ4v) is 8.24. The van der Waals surface area contributed by atoms with Gasteiger partial charge in [0.25, 0.3) is 0 Å². The monoisotopic (exact) mass is 684 g/mol. The topological polar surface area (TPSA) is 93.7 Å². The van der Waals surface area contributed by atoms with Crippen LogP contribution in [0.1, 0.15) is 47.1 Å². The number of nitrogens with one attached hydrogen (secondary N) is 2. The molecule has 254 valence electrons. The van der Waals surface area contributed by atoms with Gasteiger partial charge in [-0.3, -0.25) is 4.79 Å². The summed E-state index contributed by atoms with van der Waals surface area (Å²) in [6, 6.07) is 44.6. The van der Waals surface area contributed by atoms with Crippen molar-refractivity contribution in [2.75, 3.05) is 19.5 Å². The summed E-state index contributed by atoms with van der Waals surface area (Å²) in [5.74, 6) is -0.994. The van der Waals surface area contributed by atoms with Crippen LogP contribution in [0.4, 0.5) is 4.79 Å². The minimum Gasteiger partial charge on any atom is -0.467 e. The maximum Gasteiger partial charge on any atom is 0.407 e. The van der Waals surface area contributed by atoms with Crippen molar-refractivity contribution in [3.05, 3.63) is 167 Å². The maximum absolute atomic E-state index is 13.7. The average Bonchev–Trinajstić information content (AvgIpc) is 3.50. The van der Waals surface area contributed by atoms with Gasteiger partial charge in [0.1, 0.15) is 18.7 Å². The third-order valence-corrected chi connectivity index (χ3v) is 10.8. The molecular formula is C42H40N2O5S. The summed E-state index contributed by atoms with van der Waals surface area (Å²) in [6.45, 7) is 1.92. The van der Waals surface area contributed by atoms with E-state index in [1.54, 1.807) is 6.92 Å². The number of methoxy groups -OCH3 is 1. The third-order valence-electron chi connectivity index (χ3n) is 9.17. The summed E-state index contributed by atoms with van der Waals surface area (Å²) in [5, 5.41) is 5.59. The van der Waals surface area contributed by atoms with Crippen LogP contribution in [-0.2, 0) is 23.8 Å². The van der Waals surface area contributed by atoms with Gasteiger partial charge in [-0.25, -0.2) is 9.59 Å². The number of rotatable bonds is 13. The largest absolute Gasteiger partial charge is 0.467 e. The van der Waals surface area contributed by atoms with Gasteiger partial charge in [-0.05, 0) is 45.4 Å². The van der Waals surface area contributed by atoms with Crippen molar-refractivity contribution in [3.8, 4) is 11.1 Å². The van der Waals surface area contributed by atoms with E-state index in [1.807, 2.05) is 78.9 Å². The first-order valence-corrected chi connectivity index (χ1v) is 17.7. The van der Waals surface area contributed by atoms with E-state index < -0.39 is 34.8 Å². The second-order valence-corrected chi connectivity index (χ2v) is 13.3. The molecule has 2 amide bonds. The standard InChI is InChI=1S/C42H40N2O5S/c1-3-37(44-41(47)49-27-36-34-25-15-13-23-32(34)33-24-14-16-26-35(33)36)39(45)43-38(40(46)48-2)28-50-42(29-17-7-4-8-18-29,30-19-9-5-10-20-30)31-21-11-6-12-22-31/h4-26,36-38H,3,27-28H2,1-2H3,(H,43,45)(H,44,47)/t37?,38-/m0/s1. The van der Waals surface area contributed by atoms with Crippen molar-refractivity contribution in [3.63, 3.8) is 0 Å². The first-order valence-electron chi connectivity index (χ1n) is 16.8. The lowest BCUT2D eigenvalue weighted by Crippen LogP contribution is -2.52. The zero-order valence-corrected chi connectivity index (χ0v) is 28.9. The number of carbonyl (C=O) groups is 3. The fourth-order valence-electron chi connectivity index (χ4n) is 6.70. The van der Waals surface area contributed by atoms with E-state index in [2.05, 4.69) is 71.3 Å². The molecular weight excluding hydrogens is 645 g/mol. The van der Waals surface area contributed by atoms with Gasteiger partial charge in [0.2, 0.25) is 5.91 Å². The molecule has 0 saturated carbocycles. The molecule has 1 unspecified atom stereocenters. The molecule has 1 aliphatic rings. The lowest BCUT2D eigenvalue weighted by molar-refractivity contribution is -0.144. The van der Waals surface area contributed by atoms with Crippen LogP contribution in [0.15, 0.2) is 140 Å². The van der Waals surface area contributed by atoms with Crippen molar-refractivity contribution in [2.24, 2.45) is 0 Å². The van der Waals surface area contributed by atoms with E-state index in [9.17, 15) is 14.4 Å². The second kappa shape index (κ2) is 15.9. The second-order valence-electron chi connectivity index (χ2n) is 12.1. The summed E-state index contributed by atoms with van der Waals surface area (Å²) in [6.07, 6.45) is -0.409. The van der Waals surface area contributed by atoms with Crippen LogP contribution in [0.25, 0.3) is 11.1 Å². The van der Waals surface area contributed by atoms with Crippen LogP contribution in [0.3, 0.4) is 0 Å². The van der Waals surface area contributed by atoms with E-state index in [4.69, 9.17) is 9.47 Å². The Balaban J connectivity index is 1.17. The Bertz CT molecular complexity index is 1780. The molecule has 5 aromatic rings. The molecule has 50 heavy (non-hydrogen) atoms. The maximum atomic E-state index is 13.7. The number of esters is 1. The molecule has 8 heteroatoms. The normalized spacial score (nSPS) is 13.3. The third kappa shape index (κ3) is 7.16. The smallest absolute Gasteiger partial charge is 0.407 e. The Kier molecular flexibility index (Phi) is 11.0. The minimum atomic E-state index is -0.994. The molecule has 0 spiro atoms. The number of hydrogen-bond donors (Lipinski definition) is 2. The number of thioether (sulfide) groups is 1. The highest BCUT2D eigenvalue weighted by Crippen LogP contribution is 2.49. The van der Waals surface area contributed by atoms with Crippen LogP contribution in [0.5, 0.6) is 0 Å². The minimum absolute atomic E-state index is 0.109. The van der Waals surface area contributed by atoms with E-state index >= 15 is 0 Å². The van der Waals surface area contributed by atoms with Crippen molar-refractivity contribution in [2.45, 2.75) is 36.1 Å². The Morgan fingerprint density at radius 2 is 1.12 bits per heavy atom. The van der Waals surface area contributed by atoms with Gasteiger partial charge >= 0.3 is 12.1 Å². The number of fused-ring (bicyclic) bond motifs is 3. The Hall–Kier alpha value is -5.34. The van der Waals surface area contributed by atoms with Crippen LogP contribution in [0.2, 0.25) is 0 Å². The fraction of sp³-hybridized carbons (Fsp3) is 0.214. The van der Waals surface area contributed by atoms with Crippen LogP contribution >= 0.6 is 11.8 Å². The van der Waals surface area contributed by atoms with Crippen molar-refractivity contribution >= 4 is 29.7 Å².